The van der Waals surface area contributed by atoms with E-state index in [2.05, 4.69) is 45.2 Å². The molecule has 0 bridgehead atoms. The molecule has 0 amide bonds. The molecule has 2 heterocycles. The molecule has 4 heteroatoms. The lowest BCUT2D eigenvalue weighted by Crippen LogP contribution is -2.05. The molecule has 1 aliphatic rings. The van der Waals surface area contributed by atoms with Gasteiger partial charge in [-0.3, -0.25) is 0 Å². The molecule has 4 rings (SSSR count). The average molecular weight is 364 g/mol. The van der Waals surface area contributed by atoms with Gasteiger partial charge in [-0.05, 0) is 0 Å². The van der Waals surface area contributed by atoms with Crippen molar-refractivity contribution < 1.29 is 0 Å². The Kier molecular flexibility index (Phi) is 3.75. The number of hydrogen-bond donors (Lipinski definition) is 0. The van der Waals surface area contributed by atoms with E-state index in [1.807, 2.05) is 42.6 Å². The molecule has 0 spiro atoms. The number of aliphatic imine (C=N–C) groups is 1. The monoisotopic (exact) mass is 363 g/mol. The Labute approximate surface area is 143 Å². The molecule has 1 atom stereocenters. The van der Waals surface area contributed by atoms with Gasteiger partial charge in [-0.2, -0.15) is 0 Å². The van der Waals surface area contributed by atoms with Crippen LogP contribution in [-0.2, 0) is 0 Å². The molecule has 1 unspecified atom stereocenters. The molecule has 0 saturated carbocycles. The van der Waals surface area contributed by atoms with E-state index in [1.54, 1.807) is 0 Å². The molecule has 23 heavy (non-hydrogen) atoms. The van der Waals surface area contributed by atoms with Crippen molar-refractivity contribution in [2.75, 3.05) is 0 Å². The molecule has 1 aromatic heterocycles. The third kappa shape index (κ3) is 2.70. The van der Waals surface area contributed by atoms with Crippen LogP contribution in [0, 0.1) is 0 Å². The third-order valence-corrected chi connectivity index (χ3v) is 4.63. The largest absolute Gasteiger partial charge is 0.245 e. The minimum Gasteiger partial charge on any atom is -0.245 e. The van der Waals surface area contributed by atoms with Gasteiger partial charge in [0.05, 0.1) is 21.9 Å². The number of benzene rings is 2. The first-order valence-electron chi connectivity index (χ1n) is 7.52. The number of nitrogens with zero attached hydrogens (tertiary/aromatic N) is 3. The van der Waals surface area contributed by atoms with Crippen LogP contribution in [0.2, 0.25) is 0 Å². The molecule has 0 radical (unpaired) electrons. The van der Waals surface area contributed by atoms with Crippen molar-refractivity contribution in [2.24, 2.45) is 4.99 Å². The molecule has 2 aromatic carbocycles. The summed E-state index contributed by atoms with van der Waals surface area (Å²) in [7, 11) is 0. The van der Waals surface area contributed by atoms with E-state index in [0.717, 1.165) is 34.6 Å². The van der Waals surface area contributed by atoms with Crippen LogP contribution < -0.4 is 0 Å². The first kappa shape index (κ1) is 14.3. The van der Waals surface area contributed by atoms with E-state index in [-0.39, 0.29) is 4.83 Å². The van der Waals surface area contributed by atoms with Crippen LogP contribution >= 0.6 is 15.9 Å². The van der Waals surface area contributed by atoms with E-state index in [0.29, 0.717) is 5.82 Å². The van der Waals surface area contributed by atoms with Crippen LogP contribution in [-0.4, -0.2) is 16.2 Å². The molecule has 0 N–H and O–H groups in total. The van der Waals surface area contributed by atoms with Gasteiger partial charge in [0.15, 0.2) is 5.82 Å². The number of halogens is 1. The van der Waals surface area contributed by atoms with Gasteiger partial charge in [0.2, 0.25) is 0 Å². The lowest BCUT2D eigenvalue weighted by Gasteiger charge is -2.17. The fourth-order valence-corrected chi connectivity index (χ4v) is 3.16. The lowest BCUT2D eigenvalue weighted by molar-refractivity contribution is 0.928. The van der Waals surface area contributed by atoms with E-state index in [9.17, 15) is 0 Å². The molecular weight excluding hydrogens is 350 g/mol. The van der Waals surface area contributed by atoms with Crippen molar-refractivity contribution in [3.63, 3.8) is 0 Å². The SMILES string of the molecule is BrC1CC=Nc2nc(-c3ccccc3)c(-c3ccccc3)nc21. The zero-order chi connectivity index (χ0) is 15.6. The number of fused-ring (bicyclic) bond motifs is 1. The maximum atomic E-state index is 4.92. The Hall–Kier alpha value is -2.33. The Morgan fingerprint density at radius 3 is 1.96 bits per heavy atom. The number of hydrogen-bond acceptors (Lipinski definition) is 3. The highest BCUT2D eigenvalue weighted by Gasteiger charge is 2.22. The van der Waals surface area contributed by atoms with Crippen LogP contribution in [0.4, 0.5) is 5.82 Å². The van der Waals surface area contributed by atoms with Crippen LogP contribution in [0.25, 0.3) is 22.5 Å². The van der Waals surface area contributed by atoms with Crippen molar-refractivity contribution in [2.45, 2.75) is 11.2 Å². The standard InChI is InChI=1S/C19H14BrN3/c20-15-11-12-21-19-18(15)22-16(13-7-3-1-4-8-13)17(23-19)14-9-5-2-6-10-14/h1-10,12,15H,11H2. The van der Waals surface area contributed by atoms with Crippen molar-refractivity contribution in [1.82, 2.24) is 9.97 Å². The minimum absolute atomic E-state index is 0.162. The molecule has 3 aromatic rings. The van der Waals surface area contributed by atoms with Crippen LogP contribution in [0.15, 0.2) is 65.7 Å². The topological polar surface area (TPSA) is 38.1 Å². The summed E-state index contributed by atoms with van der Waals surface area (Å²) in [6.45, 7) is 0. The van der Waals surface area contributed by atoms with Crippen LogP contribution in [0.5, 0.6) is 0 Å². The third-order valence-electron chi connectivity index (χ3n) is 3.82. The molecular formula is C19H14BrN3. The number of rotatable bonds is 2. The average Bonchev–Trinajstić information content (AvgIpc) is 2.63. The quantitative estimate of drug-likeness (QED) is 0.575. The zero-order valence-electron chi connectivity index (χ0n) is 12.4. The second kappa shape index (κ2) is 6.05. The molecule has 0 saturated heterocycles. The van der Waals surface area contributed by atoms with Crippen molar-refractivity contribution in [3.05, 3.63) is 66.4 Å². The van der Waals surface area contributed by atoms with Crippen molar-refractivity contribution in [1.29, 1.82) is 0 Å². The summed E-state index contributed by atoms with van der Waals surface area (Å²) in [6, 6.07) is 20.3. The maximum Gasteiger partial charge on any atom is 0.175 e. The number of aromatic nitrogens is 2. The first-order valence-corrected chi connectivity index (χ1v) is 8.44. The second-order valence-electron chi connectivity index (χ2n) is 5.38. The van der Waals surface area contributed by atoms with Gasteiger partial charge in [0.1, 0.15) is 0 Å². The summed E-state index contributed by atoms with van der Waals surface area (Å²) < 4.78 is 0. The Balaban J connectivity index is 1.99. The summed E-state index contributed by atoms with van der Waals surface area (Å²) in [5, 5.41) is 0. The molecule has 1 aliphatic heterocycles. The highest BCUT2D eigenvalue weighted by Crippen LogP contribution is 2.39. The lowest BCUT2D eigenvalue weighted by atomic mass is 10.0. The normalized spacial score (nSPS) is 16.1. The Morgan fingerprint density at radius 2 is 1.35 bits per heavy atom. The highest BCUT2D eigenvalue weighted by molar-refractivity contribution is 9.09. The van der Waals surface area contributed by atoms with E-state index in [4.69, 9.17) is 9.97 Å². The van der Waals surface area contributed by atoms with Gasteiger partial charge in [0, 0.05) is 23.8 Å². The van der Waals surface area contributed by atoms with Gasteiger partial charge in [-0.1, -0.05) is 76.6 Å². The maximum absolute atomic E-state index is 4.92. The summed E-state index contributed by atoms with van der Waals surface area (Å²) in [5.41, 5.74) is 4.79. The van der Waals surface area contributed by atoms with Gasteiger partial charge in [-0.15, -0.1) is 0 Å². The highest BCUT2D eigenvalue weighted by atomic mass is 79.9. The minimum atomic E-state index is 0.162. The van der Waals surface area contributed by atoms with E-state index >= 15 is 0 Å². The van der Waals surface area contributed by atoms with Crippen molar-refractivity contribution >= 4 is 28.0 Å². The van der Waals surface area contributed by atoms with Gasteiger partial charge < -0.3 is 0 Å². The predicted octanol–water partition coefficient (Wildman–Crippen LogP) is 5.35. The molecule has 3 nitrogen and oxygen atoms in total. The summed E-state index contributed by atoms with van der Waals surface area (Å²) in [4.78, 5) is 14.3. The second-order valence-corrected chi connectivity index (χ2v) is 6.48. The molecule has 0 aliphatic carbocycles. The van der Waals surface area contributed by atoms with Crippen LogP contribution in [0.1, 0.15) is 16.9 Å². The first-order chi connectivity index (χ1) is 11.3. The summed E-state index contributed by atoms with van der Waals surface area (Å²) >= 11 is 3.68. The smallest absolute Gasteiger partial charge is 0.175 e. The number of alkyl halides is 1. The Bertz CT molecular complexity index is 861. The van der Waals surface area contributed by atoms with Gasteiger partial charge in [0.25, 0.3) is 0 Å². The van der Waals surface area contributed by atoms with E-state index in [1.165, 1.54) is 0 Å². The predicted molar refractivity (Wildman–Crippen MR) is 97.3 cm³/mol. The summed E-state index contributed by atoms with van der Waals surface area (Å²) in [6.07, 6.45) is 2.73. The van der Waals surface area contributed by atoms with E-state index < -0.39 is 0 Å². The van der Waals surface area contributed by atoms with Gasteiger partial charge >= 0.3 is 0 Å². The fraction of sp³-hybridized carbons (Fsp3) is 0.105. The molecule has 0 fully saturated rings. The van der Waals surface area contributed by atoms with Crippen molar-refractivity contribution in [3.8, 4) is 22.5 Å². The zero-order valence-corrected chi connectivity index (χ0v) is 13.9. The fourth-order valence-electron chi connectivity index (χ4n) is 2.68. The Morgan fingerprint density at radius 1 is 0.783 bits per heavy atom. The summed E-state index contributed by atoms with van der Waals surface area (Å²) in [5.74, 6) is 0.705. The van der Waals surface area contributed by atoms with Crippen LogP contribution in [0.3, 0.4) is 0 Å². The molecule has 112 valence electrons. The van der Waals surface area contributed by atoms with Gasteiger partial charge in [-0.25, -0.2) is 15.0 Å².